The number of nitrogens with zero attached hydrogens (tertiary/aromatic N) is 4. The molecule has 156 valence electrons. The van der Waals surface area contributed by atoms with Gasteiger partial charge in [0.05, 0.1) is 17.3 Å². The van der Waals surface area contributed by atoms with E-state index < -0.39 is 0 Å². The van der Waals surface area contributed by atoms with Gasteiger partial charge in [0.2, 0.25) is 0 Å². The van der Waals surface area contributed by atoms with Crippen LogP contribution in [0.2, 0.25) is 5.02 Å². The van der Waals surface area contributed by atoms with E-state index >= 15 is 0 Å². The van der Waals surface area contributed by atoms with Crippen LogP contribution < -0.4 is 9.64 Å². The fourth-order valence-electron chi connectivity index (χ4n) is 4.53. The number of halogens is 2. The van der Waals surface area contributed by atoms with E-state index in [4.69, 9.17) is 21.3 Å². The molecule has 30 heavy (non-hydrogen) atoms. The minimum atomic E-state index is 0.455. The Morgan fingerprint density at radius 2 is 2.00 bits per heavy atom. The lowest BCUT2D eigenvalue weighted by Gasteiger charge is -2.31. The van der Waals surface area contributed by atoms with E-state index in [9.17, 15) is 0 Å². The Morgan fingerprint density at radius 3 is 2.80 bits per heavy atom. The normalized spacial score (nSPS) is 19.3. The van der Waals surface area contributed by atoms with Gasteiger partial charge in [-0.25, -0.2) is 0 Å². The molecule has 2 aromatic carbocycles. The summed E-state index contributed by atoms with van der Waals surface area (Å²) in [6.07, 6.45) is 3.32. The molecule has 2 aliphatic heterocycles. The van der Waals surface area contributed by atoms with E-state index in [2.05, 4.69) is 68.7 Å². The maximum absolute atomic E-state index is 6.57. The van der Waals surface area contributed by atoms with Crippen molar-refractivity contribution >= 4 is 50.7 Å². The predicted octanol–water partition coefficient (Wildman–Crippen LogP) is 4.92. The first-order chi connectivity index (χ1) is 14.6. The first kappa shape index (κ1) is 20.3. The summed E-state index contributed by atoms with van der Waals surface area (Å²) in [5, 5.41) is 3.05. The lowest BCUT2D eigenvalue weighted by molar-refractivity contribution is 0.187. The van der Waals surface area contributed by atoms with Gasteiger partial charge in [-0.3, -0.25) is 0 Å². The topological polar surface area (TPSA) is 41.5 Å². The van der Waals surface area contributed by atoms with Crippen molar-refractivity contribution in [1.29, 1.82) is 0 Å². The number of likely N-dealkylation sites (N-methyl/N-ethyl adjacent to an activating group) is 1. The molecule has 7 heteroatoms. The van der Waals surface area contributed by atoms with Crippen LogP contribution in [0.15, 0.2) is 36.4 Å². The Kier molecular flexibility index (Phi) is 5.73. The zero-order valence-electron chi connectivity index (χ0n) is 16.9. The van der Waals surface area contributed by atoms with Crippen molar-refractivity contribution in [3.63, 3.8) is 0 Å². The number of ether oxygens (including phenoxy) is 1. The third kappa shape index (κ3) is 3.85. The maximum atomic E-state index is 6.57. The fourth-order valence-corrected chi connectivity index (χ4v) is 5.60. The second-order valence-electron chi connectivity index (χ2n) is 8.10. The summed E-state index contributed by atoms with van der Waals surface area (Å²) >= 11 is 8.89. The molecule has 0 radical (unpaired) electrons. The summed E-state index contributed by atoms with van der Waals surface area (Å²) in [6, 6.07) is 13.4. The van der Waals surface area contributed by atoms with Gasteiger partial charge < -0.3 is 14.5 Å². The third-order valence-electron chi connectivity index (χ3n) is 6.24. The summed E-state index contributed by atoms with van der Waals surface area (Å²) in [7, 11) is 2.16. The zero-order chi connectivity index (χ0) is 20.7. The Labute approximate surface area is 195 Å². The van der Waals surface area contributed by atoms with Gasteiger partial charge in [0.1, 0.15) is 10.3 Å². The second-order valence-corrected chi connectivity index (χ2v) is 9.53. The molecule has 1 saturated heterocycles. The van der Waals surface area contributed by atoms with Gasteiger partial charge in [-0.15, -0.1) is 0 Å². The molecule has 2 aliphatic rings. The van der Waals surface area contributed by atoms with Crippen LogP contribution in [0.25, 0.3) is 10.8 Å². The summed E-state index contributed by atoms with van der Waals surface area (Å²) in [6.45, 7) is 3.44. The number of hydrogen-bond donors (Lipinski definition) is 0. The van der Waals surface area contributed by atoms with Crippen LogP contribution in [0.5, 0.6) is 6.01 Å². The fraction of sp³-hybridized carbons (Fsp3) is 0.391. The molecule has 5 nitrogen and oxygen atoms in total. The quantitative estimate of drug-likeness (QED) is 0.351. The van der Waals surface area contributed by atoms with E-state index in [0.717, 1.165) is 56.9 Å². The number of aromatic nitrogens is 2. The number of fused-ring (bicyclic) bond motifs is 2. The van der Waals surface area contributed by atoms with E-state index in [0.29, 0.717) is 18.7 Å². The average molecular weight is 535 g/mol. The Morgan fingerprint density at radius 1 is 1.17 bits per heavy atom. The molecule has 1 atom stereocenters. The molecule has 1 aromatic heterocycles. The predicted molar refractivity (Wildman–Crippen MR) is 130 cm³/mol. The van der Waals surface area contributed by atoms with E-state index in [-0.39, 0.29) is 0 Å². The largest absolute Gasteiger partial charge is 0.462 e. The van der Waals surface area contributed by atoms with Crippen LogP contribution in [-0.4, -0.2) is 47.7 Å². The molecule has 0 bridgehead atoms. The summed E-state index contributed by atoms with van der Waals surface area (Å²) in [4.78, 5) is 14.2. The van der Waals surface area contributed by atoms with E-state index in [1.807, 2.05) is 12.1 Å². The zero-order valence-corrected chi connectivity index (χ0v) is 19.9. The highest BCUT2D eigenvalue weighted by Crippen LogP contribution is 2.35. The molecule has 0 aliphatic carbocycles. The first-order valence-corrected chi connectivity index (χ1v) is 11.9. The molecule has 0 spiro atoms. The number of benzene rings is 2. The summed E-state index contributed by atoms with van der Waals surface area (Å²) in [5.74, 6) is 0. The molecular formula is C23H24ClIN4O. The van der Waals surface area contributed by atoms with Gasteiger partial charge in [0.25, 0.3) is 0 Å². The first-order valence-electron chi connectivity index (χ1n) is 10.4. The molecule has 0 amide bonds. The highest BCUT2D eigenvalue weighted by Gasteiger charge is 2.25. The van der Waals surface area contributed by atoms with Gasteiger partial charge in [0.15, 0.2) is 0 Å². The highest BCUT2D eigenvalue weighted by atomic mass is 127. The van der Waals surface area contributed by atoms with Gasteiger partial charge in [-0.2, -0.15) is 9.97 Å². The Balaban J connectivity index is 1.41. The summed E-state index contributed by atoms with van der Waals surface area (Å²) in [5.41, 5.74) is 3.45. The summed E-state index contributed by atoms with van der Waals surface area (Å²) < 4.78 is 7.03. The van der Waals surface area contributed by atoms with Gasteiger partial charge in [-0.1, -0.05) is 35.9 Å². The van der Waals surface area contributed by atoms with Crippen molar-refractivity contribution in [2.75, 3.05) is 31.6 Å². The molecule has 3 heterocycles. The van der Waals surface area contributed by atoms with E-state index in [1.54, 1.807) is 0 Å². The lowest BCUT2D eigenvalue weighted by atomic mass is 10.0. The third-order valence-corrected chi connectivity index (χ3v) is 7.45. The SMILES string of the molecule is CN1CCC[C@H]1COc1nc(I)c2c(n1)CN(c1cccc3cccc(Cl)c13)CC2. The number of hydrogen-bond acceptors (Lipinski definition) is 5. The van der Waals surface area contributed by atoms with Crippen molar-refractivity contribution in [3.05, 3.63) is 56.4 Å². The molecule has 5 rings (SSSR count). The molecule has 0 saturated carbocycles. The monoisotopic (exact) mass is 534 g/mol. The molecular weight excluding hydrogens is 511 g/mol. The van der Waals surface area contributed by atoms with E-state index in [1.165, 1.54) is 18.4 Å². The van der Waals surface area contributed by atoms with Gasteiger partial charge >= 0.3 is 6.01 Å². The number of likely N-dealkylation sites (tertiary alicyclic amines) is 1. The Bertz CT molecular complexity index is 1090. The molecule has 1 fully saturated rings. The second kappa shape index (κ2) is 8.48. The molecule has 0 N–H and O–H groups in total. The molecule has 0 unspecified atom stereocenters. The Hall–Kier alpha value is -1.64. The number of rotatable bonds is 4. The van der Waals surface area contributed by atoms with Gasteiger partial charge in [-0.05, 0) is 73.0 Å². The van der Waals surface area contributed by atoms with Crippen molar-refractivity contribution < 1.29 is 4.74 Å². The molecule has 3 aromatic rings. The van der Waals surface area contributed by atoms with Crippen LogP contribution >= 0.6 is 34.2 Å². The standard InChI is InChI=1S/C23H24ClIN4O/c1-28-11-4-7-16(28)14-30-23-26-19-13-29(12-10-17(19)22(25)27-23)20-9-3-6-15-5-2-8-18(24)21(15)20/h2-3,5-6,8-9,16H,4,7,10-14H2,1H3/t16-/m0/s1. The average Bonchev–Trinajstić information content (AvgIpc) is 3.16. The van der Waals surface area contributed by atoms with Crippen molar-refractivity contribution in [1.82, 2.24) is 14.9 Å². The van der Waals surface area contributed by atoms with Crippen molar-refractivity contribution in [3.8, 4) is 6.01 Å². The van der Waals surface area contributed by atoms with Crippen LogP contribution in [-0.2, 0) is 13.0 Å². The minimum Gasteiger partial charge on any atom is -0.462 e. The van der Waals surface area contributed by atoms with Crippen molar-refractivity contribution in [2.24, 2.45) is 0 Å². The van der Waals surface area contributed by atoms with Crippen LogP contribution in [0.3, 0.4) is 0 Å². The maximum Gasteiger partial charge on any atom is 0.317 e. The van der Waals surface area contributed by atoms with Crippen LogP contribution in [0.1, 0.15) is 24.1 Å². The van der Waals surface area contributed by atoms with Crippen LogP contribution in [0.4, 0.5) is 5.69 Å². The van der Waals surface area contributed by atoms with Crippen LogP contribution in [0, 0.1) is 3.70 Å². The van der Waals surface area contributed by atoms with Crippen molar-refractivity contribution in [2.45, 2.75) is 31.8 Å². The lowest BCUT2D eigenvalue weighted by Crippen LogP contribution is -2.33. The number of anilines is 1. The highest BCUT2D eigenvalue weighted by molar-refractivity contribution is 14.1. The smallest absolute Gasteiger partial charge is 0.317 e. The van der Waals surface area contributed by atoms with Gasteiger partial charge in [0, 0.05) is 29.2 Å². The minimum absolute atomic E-state index is 0.455.